The van der Waals surface area contributed by atoms with Crippen LogP contribution in [0.4, 0.5) is 5.69 Å². The van der Waals surface area contributed by atoms with E-state index in [1.54, 1.807) is 0 Å². The number of anilines is 1. The molecule has 0 fully saturated rings. The normalized spacial score (nSPS) is 17.8. The van der Waals surface area contributed by atoms with E-state index in [1.165, 1.54) is 28.8 Å². The van der Waals surface area contributed by atoms with Gasteiger partial charge in [-0.05, 0) is 30.9 Å². The van der Waals surface area contributed by atoms with E-state index in [0.717, 1.165) is 25.0 Å². The third-order valence-corrected chi connectivity index (χ3v) is 6.15. The summed E-state index contributed by atoms with van der Waals surface area (Å²) in [4.78, 5) is 6.79. The summed E-state index contributed by atoms with van der Waals surface area (Å²) in [7, 11) is -3.06. The van der Waals surface area contributed by atoms with Gasteiger partial charge < -0.3 is 10.0 Å². The second-order valence-corrected chi connectivity index (χ2v) is 9.35. The first kappa shape index (κ1) is 17.4. The molecule has 0 radical (unpaired) electrons. The van der Waals surface area contributed by atoms with Crippen LogP contribution in [0.25, 0.3) is 0 Å². The van der Waals surface area contributed by atoms with Gasteiger partial charge in [-0.3, -0.25) is 0 Å². The van der Waals surface area contributed by atoms with Crippen LogP contribution in [0.5, 0.6) is 0 Å². The molecular formula is C17H22N2O3S2. The molecule has 0 spiro atoms. The topological polar surface area (TPSA) is 70.5 Å². The predicted molar refractivity (Wildman–Crippen MR) is 97.1 cm³/mol. The van der Waals surface area contributed by atoms with E-state index in [-0.39, 0.29) is 18.4 Å². The number of para-hydroxylation sites is 1. The zero-order valence-electron chi connectivity index (χ0n) is 13.7. The highest BCUT2D eigenvalue weighted by Crippen LogP contribution is 2.33. The Morgan fingerprint density at radius 1 is 1.38 bits per heavy atom. The van der Waals surface area contributed by atoms with Gasteiger partial charge in [-0.25, -0.2) is 13.4 Å². The molecule has 2 aromatic rings. The molecule has 24 heavy (non-hydrogen) atoms. The van der Waals surface area contributed by atoms with Crippen molar-refractivity contribution < 1.29 is 13.5 Å². The standard InChI is InChI=1S/C17H22N2O3S2/c1-24(21,22)12-17-18-14(11-23-17)10-19-15(8-9-20)7-6-13-4-2-3-5-16(13)19/h2-5,11,15,20H,6-10,12H2,1H3. The highest BCUT2D eigenvalue weighted by atomic mass is 32.2. The minimum absolute atomic E-state index is 0.00563. The van der Waals surface area contributed by atoms with Gasteiger partial charge in [-0.2, -0.15) is 0 Å². The summed E-state index contributed by atoms with van der Waals surface area (Å²) >= 11 is 1.39. The van der Waals surface area contributed by atoms with Crippen LogP contribution in [0.15, 0.2) is 29.6 Å². The molecule has 0 saturated heterocycles. The lowest BCUT2D eigenvalue weighted by atomic mass is 9.94. The van der Waals surface area contributed by atoms with Gasteiger partial charge >= 0.3 is 0 Å². The number of rotatable bonds is 6. The first-order valence-corrected chi connectivity index (χ1v) is 11.0. The molecule has 1 N–H and O–H groups in total. The van der Waals surface area contributed by atoms with Crippen molar-refractivity contribution in [2.75, 3.05) is 17.8 Å². The monoisotopic (exact) mass is 366 g/mol. The number of hydrogen-bond acceptors (Lipinski definition) is 6. The maximum Gasteiger partial charge on any atom is 0.153 e. The number of aliphatic hydroxyl groups excluding tert-OH is 1. The van der Waals surface area contributed by atoms with Gasteiger partial charge in [0.15, 0.2) is 9.84 Å². The Labute approximate surface area is 146 Å². The number of hydrogen-bond donors (Lipinski definition) is 1. The van der Waals surface area contributed by atoms with Gasteiger partial charge in [-0.1, -0.05) is 18.2 Å². The number of aliphatic hydroxyl groups is 1. The molecule has 0 saturated carbocycles. The van der Waals surface area contributed by atoms with Gasteiger partial charge in [0.05, 0.1) is 12.2 Å². The smallest absolute Gasteiger partial charge is 0.153 e. The van der Waals surface area contributed by atoms with Crippen LogP contribution >= 0.6 is 11.3 Å². The Morgan fingerprint density at radius 3 is 2.92 bits per heavy atom. The van der Waals surface area contributed by atoms with Crippen molar-refractivity contribution in [2.24, 2.45) is 0 Å². The second kappa shape index (κ2) is 7.21. The van der Waals surface area contributed by atoms with E-state index in [4.69, 9.17) is 0 Å². The summed E-state index contributed by atoms with van der Waals surface area (Å²) in [6, 6.07) is 8.63. The van der Waals surface area contributed by atoms with Gasteiger partial charge in [0.2, 0.25) is 0 Å². The molecule has 1 aromatic carbocycles. The van der Waals surface area contributed by atoms with Crippen molar-refractivity contribution in [3.05, 3.63) is 45.9 Å². The lowest BCUT2D eigenvalue weighted by Gasteiger charge is -2.38. The highest BCUT2D eigenvalue weighted by Gasteiger charge is 2.26. The second-order valence-electron chi connectivity index (χ2n) is 6.26. The van der Waals surface area contributed by atoms with Crippen LogP contribution in [-0.2, 0) is 28.6 Å². The Hall–Kier alpha value is -1.44. The molecular weight excluding hydrogens is 344 g/mol. The average molecular weight is 367 g/mol. The number of thiazole rings is 1. The zero-order valence-corrected chi connectivity index (χ0v) is 15.3. The van der Waals surface area contributed by atoms with Crippen LogP contribution in [-0.4, -0.2) is 37.4 Å². The minimum Gasteiger partial charge on any atom is -0.396 e. The molecule has 3 rings (SSSR count). The molecule has 1 atom stereocenters. The summed E-state index contributed by atoms with van der Waals surface area (Å²) in [5.74, 6) is -0.00563. The number of sulfone groups is 1. The summed E-state index contributed by atoms with van der Waals surface area (Å²) in [5, 5.41) is 11.9. The first-order chi connectivity index (χ1) is 11.5. The SMILES string of the molecule is CS(=O)(=O)Cc1nc(CN2c3ccccc3CCC2CCO)cs1. The van der Waals surface area contributed by atoms with Crippen LogP contribution in [0.3, 0.4) is 0 Å². The number of fused-ring (bicyclic) bond motifs is 1. The lowest BCUT2D eigenvalue weighted by molar-refractivity contribution is 0.267. The molecule has 1 aliphatic heterocycles. The molecule has 130 valence electrons. The summed E-state index contributed by atoms with van der Waals surface area (Å²) in [6.07, 6.45) is 3.99. The van der Waals surface area contributed by atoms with Crippen molar-refractivity contribution in [3.8, 4) is 0 Å². The summed E-state index contributed by atoms with van der Waals surface area (Å²) in [6.45, 7) is 0.807. The Kier molecular flexibility index (Phi) is 5.22. The van der Waals surface area contributed by atoms with Gasteiger partial charge in [0, 0.05) is 30.0 Å². The third-order valence-electron chi connectivity index (χ3n) is 4.27. The molecule has 2 heterocycles. The molecule has 1 aliphatic rings. The fourth-order valence-electron chi connectivity index (χ4n) is 3.23. The number of aromatic nitrogens is 1. The molecule has 0 aliphatic carbocycles. The van der Waals surface area contributed by atoms with Crippen molar-refractivity contribution >= 4 is 26.9 Å². The Balaban J connectivity index is 1.83. The minimum atomic E-state index is -3.06. The van der Waals surface area contributed by atoms with E-state index < -0.39 is 9.84 Å². The number of nitrogens with zero attached hydrogens (tertiary/aromatic N) is 2. The highest BCUT2D eigenvalue weighted by molar-refractivity contribution is 7.90. The fraction of sp³-hybridized carbons (Fsp3) is 0.471. The van der Waals surface area contributed by atoms with Crippen LogP contribution in [0.1, 0.15) is 29.1 Å². The summed E-state index contributed by atoms with van der Waals surface area (Å²) in [5.41, 5.74) is 3.40. The number of benzene rings is 1. The molecule has 1 aromatic heterocycles. The van der Waals surface area contributed by atoms with E-state index in [9.17, 15) is 13.5 Å². The third kappa shape index (κ3) is 4.15. The van der Waals surface area contributed by atoms with E-state index in [1.807, 2.05) is 11.4 Å². The van der Waals surface area contributed by atoms with E-state index in [2.05, 4.69) is 28.1 Å². The maximum absolute atomic E-state index is 11.4. The molecule has 7 heteroatoms. The Bertz CT molecular complexity index is 802. The molecule has 5 nitrogen and oxygen atoms in total. The lowest BCUT2D eigenvalue weighted by Crippen LogP contribution is -2.39. The largest absolute Gasteiger partial charge is 0.396 e. The molecule has 0 bridgehead atoms. The predicted octanol–water partition coefficient (Wildman–Crippen LogP) is 2.39. The van der Waals surface area contributed by atoms with Crippen LogP contribution in [0.2, 0.25) is 0 Å². The fourth-order valence-corrected chi connectivity index (χ4v) is 5.22. The van der Waals surface area contributed by atoms with Crippen molar-refractivity contribution in [3.63, 3.8) is 0 Å². The molecule has 1 unspecified atom stereocenters. The van der Waals surface area contributed by atoms with Crippen LogP contribution < -0.4 is 4.90 Å². The summed E-state index contributed by atoms with van der Waals surface area (Å²) < 4.78 is 22.9. The zero-order chi connectivity index (χ0) is 17.2. The maximum atomic E-state index is 11.4. The molecule has 0 amide bonds. The van der Waals surface area contributed by atoms with Gasteiger partial charge in [0.1, 0.15) is 10.8 Å². The average Bonchev–Trinajstić information content (AvgIpc) is 2.95. The quantitative estimate of drug-likeness (QED) is 0.850. The number of aryl methyl sites for hydroxylation is 1. The van der Waals surface area contributed by atoms with Gasteiger partial charge in [-0.15, -0.1) is 11.3 Å². The van der Waals surface area contributed by atoms with Crippen molar-refractivity contribution in [1.29, 1.82) is 0 Å². The van der Waals surface area contributed by atoms with Crippen LogP contribution in [0, 0.1) is 0 Å². The van der Waals surface area contributed by atoms with Gasteiger partial charge in [0.25, 0.3) is 0 Å². The van der Waals surface area contributed by atoms with Crippen molar-refractivity contribution in [1.82, 2.24) is 4.98 Å². The Morgan fingerprint density at radius 2 is 2.17 bits per heavy atom. The van der Waals surface area contributed by atoms with E-state index >= 15 is 0 Å². The van der Waals surface area contributed by atoms with E-state index in [0.29, 0.717) is 11.6 Å². The first-order valence-electron chi connectivity index (χ1n) is 8.02. The van der Waals surface area contributed by atoms with Crippen molar-refractivity contribution in [2.45, 2.75) is 37.6 Å².